The van der Waals surface area contributed by atoms with Crippen molar-refractivity contribution in [2.45, 2.75) is 6.92 Å². The summed E-state index contributed by atoms with van der Waals surface area (Å²) in [6.07, 6.45) is 5.31. The number of nitro groups is 1. The fourth-order valence-electron chi connectivity index (χ4n) is 1.13. The minimum Gasteiger partial charge on any atom is -0.316 e. The van der Waals surface area contributed by atoms with Crippen LogP contribution in [0, 0.1) is 17.0 Å². The third-order valence-electron chi connectivity index (χ3n) is 1.91. The molecule has 5 nitrogen and oxygen atoms in total. The van der Waals surface area contributed by atoms with Crippen molar-refractivity contribution in [2.24, 2.45) is 0 Å². The van der Waals surface area contributed by atoms with Crippen LogP contribution >= 0.6 is 0 Å². The van der Waals surface area contributed by atoms with Gasteiger partial charge in [-0.1, -0.05) is 12.2 Å². The number of rotatable bonds is 4. The Morgan fingerprint density at radius 3 is 3.00 bits per heavy atom. The van der Waals surface area contributed by atoms with Gasteiger partial charge in [-0.15, -0.1) is 0 Å². The van der Waals surface area contributed by atoms with Crippen LogP contribution < -0.4 is 5.32 Å². The highest BCUT2D eigenvalue weighted by atomic mass is 16.6. The van der Waals surface area contributed by atoms with Gasteiger partial charge < -0.3 is 5.32 Å². The highest BCUT2D eigenvalue weighted by Gasteiger charge is 2.10. The first-order chi connectivity index (χ1) is 7.15. The van der Waals surface area contributed by atoms with Gasteiger partial charge in [-0.05, 0) is 19.5 Å². The molecule has 0 aliphatic carbocycles. The second-order valence-corrected chi connectivity index (χ2v) is 3.09. The Kier molecular flexibility index (Phi) is 3.93. The zero-order chi connectivity index (χ0) is 11.3. The van der Waals surface area contributed by atoms with Crippen molar-refractivity contribution < 1.29 is 4.92 Å². The number of likely N-dealkylation sites (N-methyl/N-ethyl adjacent to an activating group) is 1. The number of hydrogen-bond acceptors (Lipinski definition) is 4. The van der Waals surface area contributed by atoms with Gasteiger partial charge in [0.2, 0.25) is 0 Å². The molecule has 0 fully saturated rings. The lowest BCUT2D eigenvalue weighted by Crippen LogP contribution is -2.03. The molecule has 0 unspecified atom stereocenters. The van der Waals surface area contributed by atoms with E-state index in [2.05, 4.69) is 10.3 Å². The van der Waals surface area contributed by atoms with E-state index in [0.29, 0.717) is 5.69 Å². The maximum absolute atomic E-state index is 10.6. The zero-order valence-electron chi connectivity index (χ0n) is 8.73. The maximum atomic E-state index is 10.6. The molecule has 0 radical (unpaired) electrons. The van der Waals surface area contributed by atoms with Gasteiger partial charge in [-0.2, -0.15) is 0 Å². The van der Waals surface area contributed by atoms with Crippen molar-refractivity contribution in [3.63, 3.8) is 0 Å². The SMILES string of the molecule is CNCC=Cc1cnc(C)c([N+](=O)[O-])c1. The Morgan fingerprint density at radius 1 is 1.67 bits per heavy atom. The van der Waals surface area contributed by atoms with Crippen LogP contribution in [0.15, 0.2) is 18.3 Å². The summed E-state index contributed by atoms with van der Waals surface area (Å²) in [5.74, 6) is 0. The van der Waals surface area contributed by atoms with E-state index in [4.69, 9.17) is 0 Å². The quantitative estimate of drug-likeness (QED) is 0.600. The van der Waals surface area contributed by atoms with Gasteiger partial charge in [-0.25, -0.2) is 0 Å². The predicted molar refractivity (Wildman–Crippen MR) is 58.6 cm³/mol. The maximum Gasteiger partial charge on any atom is 0.291 e. The molecule has 1 N–H and O–H groups in total. The van der Waals surface area contributed by atoms with Gasteiger partial charge in [0.25, 0.3) is 5.69 Å². The van der Waals surface area contributed by atoms with Crippen LogP contribution in [-0.4, -0.2) is 23.5 Å². The minimum absolute atomic E-state index is 0.0570. The fourth-order valence-corrected chi connectivity index (χ4v) is 1.13. The van der Waals surface area contributed by atoms with Crippen LogP contribution in [-0.2, 0) is 0 Å². The standard InChI is InChI=1S/C10H13N3O2/c1-8-10(13(14)15)6-9(7-12-8)4-3-5-11-2/h3-4,6-7,11H,5H2,1-2H3. The summed E-state index contributed by atoms with van der Waals surface area (Å²) in [6, 6.07) is 1.52. The van der Waals surface area contributed by atoms with E-state index >= 15 is 0 Å². The normalized spacial score (nSPS) is 10.8. The van der Waals surface area contributed by atoms with Crippen LogP contribution in [0.25, 0.3) is 6.08 Å². The second kappa shape index (κ2) is 5.21. The number of aryl methyl sites for hydroxylation is 1. The van der Waals surface area contributed by atoms with Crippen LogP contribution in [0.3, 0.4) is 0 Å². The van der Waals surface area contributed by atoms with E-state index < -0.39 is 4.92 Å². The second-order valence-electron chi connectivity index (χ2n) is 3.09. The molecule has 0 saturated heterocycles. The predicted octanol–water partition coefficient (Wildman–Crippen LogP) is 1.53. The Bertz CT molecular complexity index is 388. The summed E-state index contributed by atoms with van der Waals surface area (Å²) in [7, 11) is 1.83. The van der Waals surface area contributed by atoms with Crippen molar-refractivity contribution in [3.05, 3.63) is 39.7 Å². The van der Waals surface area contributed by atoms with Crippen LogP contribution in [0.1, 0.15) is 11.3 Å². The molecule has 1 aromatic rings. The molecule has 0 saturated carbocycles. The average molecular weight is 207 g/mol. The number of aromatic nitrogens is 1. The molecule has 80 valence electrons. The van der Waals surface area contributed by atoms with Crippen molar-refractivity contribution in [2.75, 3.05) is 13.6 Å². The Labute approximate surface area is 88.0 Å². The average Bonchev–Trinajstić information content (AvgIpc) is 2.20. The largest absolute Gasteiger partial charge is 0.316 e. The third kappa shape index (κ3) is 3.14. The van der Waals surface area contributed by atoms with Gasteiger partial charge in [0, 0.05) is 18.8 Å². The first kappa shape index (κ1) is 11.3. The van der Waals surface area contributed by atoms with E-state index in [0.717, 1.165) is 12.1 Å². The van der Waals surface area contributed by atoms with Gasteiger partial charge in [0.15, 0.2) is 0 Å². The van der Waals surface area contributed by atoms with Crippen LogP contribution in [0.5, 0.6) is 0 Å². The van der Waals surface area contributed by atoms with E-state index in [-0.39, 0.29) is 5.69 Å². The van der Waals surface area contributed by atoms with E-state index in [1.54, 1.807) is 19.2 Å². The molecule has 0 amide bonds. The molecule has 0 aliphatic rings. The lowest BCUT2D eigenvalue weighted by Gasteiger charge is -1.97. The van der Waals surface area contributed by atoms with Gasteiger partial charge in [0.05, 0.1) is 4.92 Å². The van der Waals surface area contributed by atoms with E-state index in [9.17, 15) is 10.1 Å². The van der Waals surface area contributed by atoms with Crippen molar-refractivity contribution >= 4 is 11.8 Å². The first-order valence-corrected chi connectivity index (χ1v) is 4.57. The molecule has 0 aromatic carbocycles. The highest BCUT2D eigenvalue weighted by molar-refractivity contribution is 5.53. The van der Waals surface area contributed by atoms with Gasteiger partial charge >= 0.3 is 0 Å². The van der Waals surface area contributed by atoms with Crippen LogP contribution in [0.4, 0.5) is 5.69 Å². The molecule has 0 bridgehead atoms. The number of hydrogen-bond donors (Lipinski definition) is 1. The van der Waals surface area contributed by atoms with E-state index in [1.165, 1.54) is 6.07 Å². The summed E-state index contributed by atoms with van der Waals surface area (Å²) < 4.78 is 0. The molecule has 15 heavy (non-hydrogen) atoms. The summed E-state index contributed by atoms with van der Waals surface area (Å²) in [5, 5.41) is 13.6. The number of nitrogens with zero attached hydrogens (tertiary/aromatic N) is 2. The number of pyridine rings is 1. The summed E-state index contributed by atoms with van der Waals surface area (Å²) in [5.41, 5.74) is 1.23. The molecule has 0 atom stereocenters. The summed E-state index contributed by atoms with van der Waals surface area (Å²) in [6.45, 7) is 2.35. The molecule has 1 aromatic heterocycles. The lowest BCUT2D eigenvalue weighted by molar-refractivity contribution is -0.385. The van der Waals surface area contributed by atoms with Gasteiger partial charge in [-0.3, -0.25) is 15.1 Å². The van der Waals surface area contributed by atoms with Crippen molar-refractivity contribution in [3.8, 4) is 0 Å². The Hall–Kier alpha value is -1.75. The van der Waals surface area contributed by atoms with E-state index in [1.807, 2.05) is 13.1 Å². The third-order valence-corrected chi connectivity index (χ3v) is 1.91. The highest BCUT2D eigenvalue weighted by Crippen LogP contribution is 2.17. The summed E-state index contributed by atoms with van der Waals surface area (Å²) in [4.78, 5) is 14.2. The Balaban J connectivity index is 2.92. The zero-order valence-corrected chi connectivity index (χ0v) is 8.73. The number of nitrogens with one attached hydrogen (secondary N) is 1. The molecule has 5 heteroatoms. The molecule has 1 heterocycles. The van der Waals surface area contributed by atoms with Crippen LogP contribution in [0.2, 0.25) is 0 Å². The molecule has 0 spiro atoms. The monoisotopic (exact) mass is 207 g/mol. The first-order valence-electron chi connectivity index (χ1n) is 4.57. The van der Waals surface area contributed by atoms with Gasteiger partial charge in [0.1, 0.15) is 5.69 Å². The van der Waals surface area contributed by atoms with Crippen molar-refractivity contribution in [1.82, 2.24) is 10.3 Å². The topological polar surface area (TPSA) is 68.1 Å². The molecule has 1 rings (SSSR count). The van der Waals surface area contributed by atoms with Crippen molar-refractivity contribution in [1.29, 1.82) is 0 Å². The molecular weight excluding hydrogens is 194 g/mol. The molecular formula is C10H13N3O2. The smallest absolute Gasteiger partial charge is 0.291 e. The summed E-state index contributed by atoms with van der Waals surface area (Å²) >= 11 is 0. The fraction of sp³-hybridized carbons (Fsp3) is 0.300. The Morgan fingerprint density at radius 2 is 2.40 bits per heavy atom. The minimum atomic E-state index is -0.419. The molecule has 0 aliphatic heterocycles. The lowest BCUT2D eigenvalue weighted by atomic mass is 10.2.